The maximum atomic E-state index is 14.0. The summed E-state index contributed by atoms with van der Waals surface area (Å²) in [6.45, 7) is 3.53. The van der Waals surface area contributed by atoms with Crippen LogP contribution in [0.1, 0.15) is 49.1 Å². The number of methoxy groups -OCH3 is 3. The third-order valence-corrected chi connectivity index (χ3v) is 7.87. The van der Waals surface area contributed by atoms with E-state index in [0.717, 1.165) is 13.8 Å². The quantitative estimate of drug-likeness (QED) is 0.192. The number of carbonyl (C=O) groups is 3. The van der Waals surface area contributed by atoms with Crippen molar-refractivity contribution in [2.75, 3.05) is 27.9 Å². The van der Waals surface area contributed by atoms with Crippen LogP contribution in [-0.4, -0.2) is 56.8 Å². The van der Waals surface area contributed by atoms with Gasteiger partial charge in [-0.2, -0.15) is 13.2 Å². The van der Waals surface area contributed by atoms with Crippen LogP contribution in [0.15, 0.2) is 72.3 Å². The number of carbonyl (C=O) groups excluding carboxylic acids is 3. The Bertz CT molecular complexity index is 1630. The highest BCUT2D eigenvalue weighted by Gasteiger charge is 2.48. The molecule has 0 aliphatic carbocycles. The van der Waals surface area contributed by atoms with E-state index < -0.39 is 35.4 Å². The van der Waals surface area contributed by atoms with Gasteiger partial charge in [0, 0.05) is 5.56 Å². The molecule has 0 fully saturated rings. The molecule has 9 nitrogen and oxygen atoms in total. The Morgan fingerprint density at radius 2 is 1.48 bits per heavy atom. The molecule has 0 saturated carbocycles. The van der Waals surface area contributed by atoms with Gasteiger partial charge in [-0.3, -0.25) is 9.69 Å². The van der Waals surface area contributed by atoms with Crippen molar-refractivity contribution in [1.82, 2.24) is 10.2 Å². The van der Waals surface area contributed by atoms with Gasteiger partial charge in [-0.1, -0.05) is 36.4 Å². The first-order valence-electron chi connectivity index (χ1n) is 14.3. The number of nitrogens with one attached hydrogen (secondary N) is 1. The number of hydrogen-bond acceptors (Lipinski definition) is 7. The van der Waals surface area contributed by atoms with Gasteiger partial charge in [-0.05, 0) is 67.8 Å². The minimum atomic E-state index is -4.53. The summed E-state index contributed by atoms with van der Waals surface area (Å²) in [5.74, 6) is -0.992. The zero-order valence-electron chi connectivity index (χ0n) is 26.3. The Balaban J connectivity index is 2.01. The normalized spacial score (nSPS) is 15.3. The van der Waals surface area contributed by atoms with Crippen molar-refractivity contribution < 1.29 is 46.5 Å². The number of nitrogens with zero attached hydrogens (tertiary/aromatic N) is 1. The number of hydrogen-bond donors (Lipinski definition) is 1. The van der Waals surface area contributed by atoms with Crippen LogP contribution in [0.25, 0.3) is 5.70 Å². The van der Waals surface area contributed by atoms with E-state index in [-0.39, 0.29) is 46.9 Å². The summed E-state index contributed by atoms with van der Waals surface area (Å²) in [5, 5.41) is 2.79. The first-order valence-corrected chi connectivity index (χ1v) is 14.3. The molecule has 12 heteroatoms. The summed E-state index contributed by atoms with van der Waals surface area (Å²) in [7, 11) is 4.38. The van der Waals surface area contributed by atoms with Gasteiger partial charge in [0.25, 0.3) is 5.78 Å². The Kier molecular flexibility index (Phi) is 9.98. The molecule has 3 aromatic rings. The predicted molar refractivity (Wildman–Crippen MR) is 163 cm³/mol. The van der Waals surface area contributed by atoms with E-state index >= 15 is 0 Å². The Morgan fingerprint density at radius 1 is 0.870 bits per heavy atom. The van der Waals surface area contributed by atoms with Crippen molar-refractivity contribution in [2.24, 2.45) is 0 Å². The van der Waals surface area contributed by atoms with Gasteiger partial charge in [-0.15, -0.1) is 0 Å². The summed E-state index contributed by atoms with van der Waals surface area (Å²) in [6, 6.07) is 15.2. The van der Waals surface area contributed by atoms with E-state index in [1.54, 1.807) is 49.4 Å². The second-order valence-corrected chi connectivity index (χ2v) is 10.9. The summed E-state index contributed by atoms with van der Waals surface area (Å²) < 4.78 is 62.8. The number of benzene rings is 3. The van der Waals surface area contributed by atoms with Crippen molar-refractivity contribution in [2.45, 2.75) is 44.9 Å². The van der Waals surface area contributed by atoms with E-state index in [9.17, 15) is 27.6 Å². The molecule has 244 valence electrons. The zero-order chi connectivity index (χ0) is 33.8. The molecule has 1 heterocycles. The third-order valence-electron chi connectivity index (χ3n) is 7.87. The zero-order valence-corrected chi connectivity index (χ0v) is 26.3. The fourth-order valence-electron chi connectivity index (χ4n) is 5.06. The van der Waals surface area contributed by atoms with Gasteiger partial charge in [0.2, 0.25) is 0 Å². The maximum absolute atomic E-state index is 14.0. The molecule has 0 saturated heterocycles. The number of ether oxygens (including phenoxy) is 4. The number of urea groups is 1. The van der Waals surface area contributed by atoms with Crippen molar-refractivity contribution >= 4 is 23.5 Å². The molecule has 1 N–H and O–H groups in total. The molecule has 0 bridgehead atoms. The molecule has 4 rings (SSSR count). The monoisotopic (exact) mass is 640 g/mol. The molecular weight excluding hydrogens is 605 g/mol. The molecule has 0 radical (unpaired) electrons. The number of amides is 2. The molecule has 0 aromatic heterocycles. The smallest absolute Gasteiger partial charge is 0.397 e. The van der Waals surface area contributed by atoms with Crippen molar-refractivity contribution in [3.63, 3.8) is 0 Å². The fourth-order valence-corrected chi connectivity index (χ4v) is 5.06. The summed E-state index contributed by atoms with van der Waals surface area (Å²) in [6.07, 6.45) is -4.53. The second kappa shape index (κ2) is 13.6. The second-order valence-electron chi connectivity index (χ2n) is 10.9. The lowest BCUT2D eigenvalue weighted by Gasteiger charge is -2.37. The highest BCUT2D eigenvalue weighted by atomic mass is 19.4. The molecule has 0 spiro atoms. The average molecular weight is 641 g/mol. The fraction of sp³-hybridized carbons (Fsp3) is 0.324. The van der Waals surface area contributed by atoms with Crippen molar-refractivity contribution in [3.8, 4) is 17.2 Å². The van der Waals surface area contributed by atoms with Crippen LogP contribution in [0.5, 0.6) is 17.2 Å². The minimum absolute atomic E-state index is 0.0241. The number of halogens is 3. The van der Waals surface area contributed by atoms with Crippen molar-refractivity contribution in [3.05, 3.63) is 94.6 Å². The van der Waals surface area contributed by atoms with Crippen LogP contribution in [0.2, 0.25) is 0 Å². The largest absolute Gasteiger partial charge is 0.497 e. The van der Waals surface area contributed by atoms with Crippen LogP contribution in [0, 0.1) is 0 Å². The molecule has 1 aliphatic rings. The summed E-state index contributed by atoms with van der Waals surface area (Å²) in [5.41, 5.74) is -1.13. The molecular formula is C34H35F3N2O7. The third kappa shape index (κ3) is 6.65. The molecule has 1 unspecified atom stereocenters. The van der Waals surface area contributed by atoms with Gasteiger partial charge >= 0.3 is 18.2 Å². The van der Waals surface area contributed by atoms with Gasteiger partial charge < -0.3 is 24.3 Å². The standard InChI is InChI=1S/C34H35F3N2O7/c1-7-46-31(41)30(40)27-28(21-10-12-22(13-11-21)33(2,3)34(35,36)37)38-32(42)39(19-20-8-14-23(43-4)15-9-20)29(27)25-18-24(44-5)16-17-26(25)45-6/h8-18,28H,7,19H2,1-6H3,(H,38,42). The van der Waals surface area contributed by atoms with Gasteiger partial charge in [0.15, 0.2) is 0 Å². The Labute approximate surface area is 264 Å². The lowest BCUT2D eigenvalue weighted by molar-refractivity contribution is -0.180. The van der Waals surface area contributed by atoms with E-state index in [2.05, 4.69) is 5.32 Å². The molecule has 2 amide bonds. The maximum Gasteiger partial charge on any atom is 0.397 e. The number of rotatable bonds is 11. The topological polar surface area (TPSA) is 103 Å². The Morgan fingerprint density at radius 3 is 2.02 bits per heavy atom. The van der Waals surface area contributed by atoms with Gasteiger partial charge in [-0.25, -0.2) is 9.59 Å². The van der Waals surface area contributed by atoms with Crippen LogP contribution in [0.4, 0.5) is 18.0 Å². The first kappa shape index (κ1) is 33.9. The average Bonchev–Trinajstić information content (AvgIpc) is 3.04. The van der Waals surface area contributed by atoms with E-state index in [1.807, 2.05) is 0 Å². The minimum Gasteiger partial charge on any atom is -0.497 e. The lowest BCUT2D eigenvalue weighted by Crippen LogP contribution is -2.48. The molecule has 1 aliphatic heterocycles. The van der Waals surface area contributed by atoms with Crippen molar-refractivity contribution in [1.29, 1.82) is 0 Å². The van der Waals surface area contributed by atoms with Crippen LogP contribution >= 0.6 is 0 Å². The predicted octanol–water partition coefficient (Wildman–Crippen LogP) is 6.36. The molecule has 3 aromatic carbocycles. The van der Waals surface area contributed by atoms with Crippen LogP contribution < -0.4 is 19.5 Å². The first-order chi connectivity index (χ1) is 21.8. The number of esters is 1. The summed E-state index contributed by atoms with van der Waals surface area (Å²) in [4.78, 5) is 42.3. The highest BCUT2D eigenvalue weighted by molar-refractivity contribution is 6.42. The SMILES string of the molecule is CCOC(=O)C(=O)C1=C(c2cc(OC)ccc2OC)N(Cc2ccc(OC)cc2)C(=O)NC1c1ccc(C(C)(C)C(F)(F)F)cc1. The van der Waals surface area contributed by atoms with Crippen LogP contribution in [-0.2, 0) is 26.3 Å². The van der Waals surface area contributed by atoms with Crippen LogP contribution in [0.3, 0.4) is 0 Å². The highest BCUT2D eigenvalue weighted by Crippen LogP contribution is 2.44. The Hall–Kier alpha value is -5.00. The summed E-state index contributed by atoms with van der Waals surface area (Å²) >= 11 is 0. The number of Topliss-reactive ketones (excluding diaryl/α,β-unsaturated/α-hetero) is 1. The number of ketones is 1. The van der Waals surface area contributed by atoms with E-state index in [0.29, 0.717) is 17.1 Å². The van der Waals surface area contributed by atoms with E-state index in [1.165, 1.54) is 50.5 Å². The molecule has 46 heavy (non-hydrogen) atoms. The van der Waals surface area contributed by atoms with Gasteiger partial charge in [0.05, 0.1) is 57.2 Å². The lowest BCUT2D eigenvalue weighted by atomic mass is 9.82. The van der Waals surface area contributed by atoms with E-state index in [4.69, 9.17) is 18.9 Å². The molecule has 1 atom stereocenters. The number of alkyl halides is 3. The van der Waals surface area contributed by atoms with Gasteiger partial charge in [0.1, 0.15) is 17.2 Å².